The van der Waals surface area contributed by atoms with Crippen LogP contribution in [-0.4, -0.2) is 43.8 Å². The summed E-state index contributed by atoms with van der Waals surface area (Å²) in [5.41, 5.74) is 8.15. The molecule has 1 saturated carbocycles. The van der Waals surface area contributed by atoms with Crippen LogP contribution in [0.15, 0.2) is 24.5 Å². The molecule has 0 bridgehead atoms. The van der Waals surface area contributed by atoms with Gasteiger partial charge in [0, 0.05) is 31.2 Å². The predicted molar refractivity (Wildman–Crippen MR) is 112 cm³/mol. The van der Waals surface area contributed by atoms with Gasteiger partial charge in [0.15, 0.2) is 17.0 Å². The average molecular weight is 397 g/mol. The highest BCUT2D eigenvalue weighted by Gasteiger charge is 2.20. The van der Waals surface area contributed by atoms with Gasteiger partial charge in [-0.25, -0.2) is 4.98 Å². The summed E-state index contributed by atoms with van der Waals surface area (Å²) in [6, 6.07) is 5.74. The number of hydrogen-bond donors (Lipinski definition) is 4. The van der Waals surface area contributed by atoms with Crippen molar-refractivity contribution in [2.75, 3.05) is 17.7 Å². The summed E-state index contributed by atoms with van der Waals surface area (Å²) < 4.78 is 7.12. The summed E-state index contributed by atoms with van der Waals surface area (Å²) in [7, 11) is 3.50. The van der Waals surface area contributed by atoms with Crippen LogP contribution in [0.3, 0.4) is 0 Å². The van der Waals surface area contributed by atoms with E-state index in [2.05, 4.69) is 25.6 Å². The summed E-state index contributed by atoms with van der Waals surface area (Å²) in [6.45, 7) is 0.378. The van der Waals surface area contributed by atoms with Gasteiger partial charge in [0.1, 0.15) is 11.5 Å². The Morgan fingerprint density at radius 1 is 1.24 bits per heavy atom. The minimum Gasteiger partial charge on any atom is -0.508 e. The van der Waals surface area contributed by atoms with Crippen LogP contribution in [0.1, 0.15) is 31.2 Å². The van der Waals surface area contributed by atoms with Crippen molar-refractivity contribution in [3.05, 3.63) is 30.1 Å². The number of nitrogens with zero attached hydrogens (tertiary/aromatic N) is 4. The Morgan fingerprint density at radius 3 is 2.79 bits per heavy atom. The van der Waals surface area contributed by atoms with Crippen molar-refractivity contribution in [1.29, 1.82) is 0 Å². The summed E-state index contributed by atoms with van der Waals surface area (Å²) in [6.07, 6.45) is 5.75. The van der Waals surface area contributed by atoms with E-state index in [1.165, 1.54) is 0 Å². The van der Waals surface area contributed by atoms with Crippen LogP contribution in [-0.2, 0) is 13.6 Å². The zero-order valence-corrected chi connectivity index (χ0v) is 16.7. The van der Waals surface area contributed by atoms with Crippen molar-refractivity contribution in [3.8, 4) is 11.5 Å². The Morgan fingerprint density at radius 2 is 2.03 bits per heavy atom. The summed E-state index contributed by atoms with van der Waals surface area (Å²) in [4.78, 5) is 13.7. The third kappa shape index (κ3) is 4.19. The maximum Gasteiger partial charge on any atom is 0.227 e. The SMILES string of the molecule is COc1ccc(O)c(CNc2nc(NC3CCC(N)CC3)nc3c2ncn3C)c1. The number of phenols is 1. The fraction of sp³-hybridized carbons (Fsp3) is 0.450. The first kappa shape index (κ1) is 19.3. The van der Waals surface area contributed by atoms with E-state index in [9.17, 15) is 5.11 Å². The zero-order valence-electron chi connectivity index (χ0n) is 16.7. The molecule has 0 unspecified atom stereocenters. The molecule has 29 heavy (non-hydrogen) atoms. The van der Waals surface area contributed by atoms with E-state index in [1.807, 2.05) is 11.6 Å². The van der Waals surface area contributed by atoms with E-state index >= 15 is 0 Å². The summed E-state index contributed by atoms with van der Waals surface area (Å²) >= 11 is 0. The number of phenolic OH excluding ortho intramolecular Hbond substituents is 1. The van der Waals surface area contributed by atoms with Crippen molar-refractivity contribution in [3.63, 3.8) is 0 Å². The van der Waals surface area contributed by atoms with Crippen molar-refractivity contribution in [2.24, 2.45) is 12.8 Å². The van der Waals surface area contributed by atoms with Crippen LogP contribution in [0.2, 0.25) is 0 Å². The van der Waals surface area contributed by atoms with Crippen LogP contribution >= 0.6 is 0 Å². The molecule has 154 valence electrons. The minimum atomic E-state index is 0.196. The first-order valence-electron chi connectivity index (χ1n) is 9.84. The van der Waals surface area contributed by atoms with Gasteiger partial charge < -0.3 is 30.8 Å². The van der Waals surface area contributed by atoms with Gasteiger partial charge in [0.05, 0.1) is 13.4 Å². The molecular weight excluding hydrogens is 370 g/mol. The molecule has 0 radical (unpaired) electrons. The van der Waals surface area contributed by atoms with Crippen molar-refractivity contribution < 1.29 is 9.84 Å². The second kappa shape index (κ2) is 8.12. The van der Waals surface area contributed by atoms with Gasteiger partial charge in [0.25, 0.3) is 0 Å². The van der Waals surface area contributed by atoms with Gasteiger partial charge in [-0.2, -0.15) is 9.97 Å². The molecule has 9 nitrogen and oxygen atoms in total. The Bertz CT molecular complexity index is 996. The van der Waals surface area contributed by atoms with E-state index in [4.69, 9.17) is 10.5 Å². The maximum atomic E-state index is 10.1. The molecule has 2 heterocycles. The van der Waals surface area contributed by atoms with Gasteiger partial charge in [-0.15, -0.1) is 0 Å². The van der Waals surface area contributed by atoms with Crippen LogP contribution in [0.5, 0.6) is 11.5 Å². The number of methoxy groups -OCH3 is 1. The van der Waals surface area contributed by atoms with E-state index in [-0.39, 0.29) is 5.75 Å². The first-order valence-corrected chi connectivity index (χ1v) is 9.84. The fourth-order valence-corrected chi connectivity index (χ4v) is 3.65. The molecule has 2 aromatic heterocycles. The molecule has 9 heteroatoms. The number of aromatic nitrogens is 4. The van der Waals surface area contributed by atoms with E-state index < -0.39 is 0 Å². The number of imidazole rings is 1. The van der Waals surface area contributed by atoms with Gasteiger partial charge in [0.2, 0.25) is 5.95 Å². The monoisotopic (exact) mass is 397 g/mol. The topological polar surface area (TPSA) is 123 Å². The number of nitrogens with one attached hydrogen (secondary N) is 2. The molecule has 5 N–H and O–H groups in total. The Balaban J connectivity index is 1.58. The highest BCUT2D eigenvalue weighted by Crippen LogP contribution is 2.27. The van der Waals surface area contributed by atoms with Crippen LogP contribution < -0.4 is 21.1 Å². The average Bonchev–Trinajstić information content (AvgIpc) is 3.10. The second-order valence-electron chi connectivity index (χ2n) is 7.53. The number of fused-ring (bicyclic) bond motifs is 1. The van der Waals surface area contributed by atoms with Gasteiger partial charge in [-0.05, 0) is 43.9 Å². The lowest BCUT2D eigenvalue weighted by Gasteiger charge is -2.26. The number of aromatic hydroxyl groups is 1. The molecule has 1 aliphatic rings. The number of hydrogen-bond acceptors (Lipinski definition) is 8. The van der Waals surface area contributed by atoms with E-state index in [0.717, 1.165) is 31.3 Å². The number of rotatable bonds is 6. The fourth-order valence-electron chi connectivity index (χ4n) is 3.65. The molecular formula is C20H27N7O2. The van der Waals surface area contributed by atoms with E-state index in [0.29, 0.717) is 47.2 Å². The number of benzene rings is 1. The summed E-state index contributed by atoms with van der Waals surface area (Å²) in [5.74, 6) is 2.07. The van der Waals surface area contributed by atoms with Gasteiger partial charge in [-0.3, -0.25) is 0 Å². The van der Waals surface area contributed by atoms with E-state index in [1.54, 1.807) is 31.6 Å². The second-order valence-corrected chi connectivity index (χ2v) is 7.53. The Labute approximate surface area is 169 Å². The third-order valence-electron chi connectivity index (χ3n) is 5.40. The summed E-state index contributed by atoms with van der Waals surface area (Å²) in [5, 5.41) is 16.9. The van der Waals surface area contributed by atoms with Gasteiger partial charge in [-0.1, -0.05) is 0 Å². The molecule has 1 fully saturated rings. The molecule has 0 aliphatic heterocycles. The quantitative estimate of drug-likeness (QED) is 0.500. The number of anilines is 2. The molecule has 4 rings (SSSR count). The van der Waals surface area contributed by atoms with Crippen LogP contribution in [0.4, 0.5) is 11.8 Å². The zero-order chi connectivity index (χ0) is 20.4. The lowest BCUT2D eigenvalue weighted by atomic mass is 9.92. The minimum absolute atomic E-state index is 0.196. The van der Waals surface area contributed by atoms with Crippen LogP contribution in [0, 0.1) is 0 Å². The third-order valence-corrected chi connectivity index (χ3v) is 5.40. The molecule has 0 amide bonds. The lowest BCUT2D eigenvalue weighted by molar-refractivity contribution is 0.410. The standard InChI is InChI=1S/C20H27N7O2/c1-27-11-23-17-18(22-10-12-9-15(29-2)7-8-16(12)28)25-20(26-19(17)27)24-14-5-3-13(21)4-6-14/h7-9,11,13-14,28H,3-6,10,21H2,1-2H3,(H2,22,24,25,26). The van der Waals surface area contributed by atoms with Crippen molar-refractivity contribution in [2.45, 2.75) is 44.3 Å². The van der Waals surface area contributed by atoms with Crippen molar-refractivity contribution >= 4 is 22.9 Å². The number of aryl methyl sites for hydroxylation is 1. The Kier molecular flexibility index (Phi) is 5.39. The number of ether oxygens (including phenoxy) is 1. The highest BCUT2D eigenvalue weighted by molar-refractivity contribution is 5.84. The highest BCUT2D eigenvalue weighted by atomic mass is 16.5. The number of nitrogens with two attached hydrogens (primary N) is 1. The smallest absolute Gasteiger partial charge is 0.227 e. The normalized spacial score (nSPS) is 19.3. The largest absolute Gasteiger partial charge is 0.508 e. The lowest BCUT2D eigenvalue weighted by Crippen LogP contribution is -2.33. The molecule has 1 aliphatic carbocycles. The molecule has 0 atom stereocenters. The molecule has 1 aromatic carbocycles. The van der Waals surface area contributed by atoms with Crippen molar-refractivity contribution in [1.82, 2.24) is 19.5 Å². The maximum absolute atomic E-state index is 10.1. The molecule has 0 saturated heterocycles. The Hall–Kier alpha value is -3.07. The van der Waals surface area contributed by atoms with Crippen LogP contribution in [0.25, 0.3) is 11.2 Å². The molecule has 3 aromatic rings. The predicted octanol–water partition coefficient (Wildman–Crippen LogP) is 2.37. The first-order chi connectivity index (χ1) is 14.0. The van der Waals surface area contributed by atoms with Gasteiger partial charge >= 0.3 is 0 Å². The molecule has 0 spiro atoms.